The van der Waals surface area contributed by atoms with Gasteiger partial charge in [-0.05, 0) is 61.4 Å². The highest BCUT2D eigenvalue weighted by Crippen LogP contribution is 2.38. The summed E-state index contributed by atoms with van der Waals surface area (Å²) in [6.07, 6.45) is -1.03. The van der Waals surface area contributed by atoms with Crippen LogP contribution in [0.1, 0.15) is 24.8 Å². The molecule has 1 saturated heterocycles. The van der Waals surface area contributed by atoms with Gasteiger partial charge in [-0.2, -0.15) is 0 Å². The van der Waals surface area contributed by atoms with E-state index in [1.165, 1.54) is 23.8 Å². The zero-order valence-corrected chi connectivity index (χ0v) is 20.7. The molecule has 0 spiro atoms. The number of fused-ring (bicyclic) bond motifs is 1. The molecule has 0 N–H and O–H groups in total. The number of rotatable bonds is 8. The quantitative estimate of drug-likeness (QED) is 0.348. The van der Waals surface area contributed by atoms with Gasteiger partial charge in [0.05, 0.1) is 0 Å². The van der Waals surface area contributed by atoms with Crippen LogP contribution < -0.4 is 18.9 Å². The van der Waals surface area contributed by atoms with E-state index in [1.807, 2.05) is 12.1 Å². The summed E-state index contributed by atoms with van der Waals surface area (Å²) >= 11 is 0. The SMILES string of the molecule is O=C(COc1ccccc1-c1ccccc1OC(F)(F)F)N1CCC(CCc2ccc3c(c2)OCO3)CC1. The molecule has 2 heterocycles. The van der Waals surface area contributed by atoms with Gasteiger partial charge in [-0.15, -0.1) is 13.2 Å². The van der Waals surface area contributed by atoms with E-state index >= 15 is 0 Å². The van der Waals surface area contributed by atoms with Crippen LogP contribution in [-0.2, 0) is 11.2 Å². The van der Waals surface area contributed by atoms with Crippen molar-refractivity contribution in [3.63, 3.8) is 0 Å². The Bertz CT molecular complexity index is 1270. The van der Waals surface area contributed by atoms with Gasteiger partial charge < -0.3 is 23.8 Å². The average Bonchev–Trinajstić information content (AvgIpc) is 3.39. The first-order chi connectivity index (χ1) is 18.4. The molecule has 3 aromatic carbocycles. The molecule has 0 saturated carbocycles. The summed E-state index contributed by atoms with van der Waals surface area (Å²) in [4.78, 5) is 14.7. The van der Waals surface area contributed by atoms with Crippen molar-refractivity contribution in [1.82, 2.24) is 4.90 Å². The van der Waals surface area contributed by atoms with Crippen LogP contribution in [0, 0.1) is 5.92 Å². The van der Waals surface area contributed by atoms with E-state index in [-0.39, 0.29) is 30.6 Å². The number of likely N-dealkylation sites (tertiary alicyclic amines) is 1. The first-order valence-corrected chi connectivity index (χ1v) is 12.6. The molecule has 2 aliphatic rings. The fourth-order valence-corrected chi connectivity index (χ4v) is 4.89. The molecule has 1 fully saturated rings. The van der Waals surface area contributed by atoms with Gasteiger partial charge in [0.2, 0.25) is 6.79 Å². The molecule has 38 heavy (non-hydrogen) atoms. The third kappa shape index (κ3) is 6.33. The molecule has 9 heteroatoms. The summed E-state index contributed by atoms with van der Waals surface area (Å²) in [7, 11) is 0. The Balaban J connectivity index is 1.14. The van der Waals surface area contributed by atoms with Gasteiger partial charge in [-0.1, -0.05) is 42.5 Å². The molecule has 200 valence electrons. The van der Waals surface area contributed by atoms with Crippen LogP contribution in [0.4, 0.5) is 13.2 Å². The van der Waals surface area contributed by atoms with Crippen molar-refractivity contribution < 1.29 is 36.9 Å². The first-order valence-electron chi connectivity index (χ1n) is 12.6. The smallest absolute Gasteiger partial charge is 0.483 e. The van der Waals surface area contributed by atoms with E-state index in [0.29, 0.717) is 30.3 Å². The minimum absolute atomic E-state index is 0.145. The van der Waals surface area contributed by atoms with E-state index in [4.69, 9.17) is 14.2 Å². The second-order valence-corrected chi connectivity index (χ2v) is 9.38. The molecule has 3 aromatic rings. The second kappa shape index (κ2) is 11.2. The zero-order valence-electron chi connectivity index (χ0n) is 20.7. The molecule has 0 bridgehead atoms. The molecule has 5 rings (SSSR count). The van der Waals surface area contributed by atoms with Crippen LogP contribution in [0.15, 0.2) is 66.7 Å². The highest BCUT2D eigenvalue weighted by Gasteiger charge is 2.32. The number of alkyl halides is 3. The Hall–Kier alpha value is -3.88. The average molecular weight is 528 g/mol. The number of carbonyl (C=O) groups is 1. The van der Waals surface area contributed by atoms with Gasteiger partial charge in [0.1, 0.15) is 11.5 Å². The normalized spacial score (nSPS) is 15.4. The van der Waals surface area contributed by atoms with Crippen molar-refractivity contribution in [1.29, 1.82) is 0 Å². The van der Waals surface area contributed by atoms with Crippen molar-refractivity contribution in [2.45, 2.75) is 32.0 Å². The molecule has 0 radical (unpaired) electrons. The van der Waals surface area contributed by atoms with Crippen LogP contribution in [0.25, 0.3) is 11.1 Å². The Labute approximate surface area is 218 Å². The molecule has 1 amide bonds. The Morgan fingerprint density at radius 3 is 2.29 bits per heavy atom. The summed E-state index contributed by atoms with van der Waals surface area (Å²) in [5.74, 6) is 1.94. The minimum atomic E-state index is -4.82. The highest BCUT2D eigenvalue weighted by atomic mass is 19.4. The third-order valence-corrected chi connectivity index (χ3v) is 6.89. The lowest BCUT2D eigenvalue weighted by Crippen LogP contribution is -2.41. The number of nitrogens with zero attached hydrogens (tertiary/aromatic N) is 1. The number of carbonyl (C=O) groups excluding carboxylic acids is 1. The lowest BCUT2D eigenvalue weighted by Gasteiger charge is -2.32. The van der Waals surface area contributed by atoms with Crippen LogP contribution >= 0.6 is 0 Å². The van der Waals surface area contributed by atoms with Crippen LogP contribution in [-0.4, -0.2) is 43.7 Å². The summed E-state index contributed by atoms with van der Waals surface area (Å²) in [6.45, 7) is 1.37. The molecule has 0 aliphatic carbocycles. The number of hydrogen-bond donors (Lipinski definition) is 0. The number of amides is 1. The number of halogens is 3. The molecule has 0 atom stereocenters. The maximum Gasteiger partial charge on any atom is 0.573 e. The largest absolute Gasteiger partial charge is 0.573 e. The molecule has 0 aromatic heterocycles. The van der Waals surface area contributed by atoms with Crippen molar-refractivity contribution in [3.8, 4) is 34.1 Å². The molecule has 2 aliphatic heterocycles. The maximum absolute atomic E-state index is 12.9. The fourth-order valence-electron chi connectivity index (χ4n) is 4.89. The second-order valence-electron chi connectivity index (χ2n) is 9.38. The monoisotopic (exact) mass is 527 g/mol. The van der Waals surface area contributed by atoms with Crippen LogP contribution in [0.2, 0.25) is 0 Å². The van der Waals surface area contributed by atoms with Crippen molar-refractivity contribution in [3.05, 3.63) is 72.3 Å². The number of benzene rings is 3. The van der Waals surface area contributed by atoms with Crippen LogP contribution in [0.3, 0.4) is 0 Å². The maximum atomic E-state index is 12.9. The van der Waals surface area contributed by atoms with Crippen molar-refractivity contribution in [2.24, 2.45) is 5.92 Å². The van der Waals surface area contributed by atoms with E-state index < -0.39 is 6.36 Å². The van der Waals surface area contributed by atoms with E-state index in [1.54, 1.807) is 35.2 Å². The fraction of sp³-hybridized carbons (Fsp3) is 0.345. The predicted molar refractivity (Wildman–Crippen MR) is 134 cm³/mol. The van der Waals surface area contributed by atoms with Gasteiger partial charge in [0.25, 0.3) is 5.91 Å². The molecular formula is C29H28F3NO5. The van der Waals surface area contributed by atoms with Gasteiger partial charge in [-0.25, -0.2) is 0 Å². The van der Waals surface area contributed by atoms with E-state index in [9.17, 15) is 18.0 Å². The summed E-state index contributed by atoms with van der Waals surface area (Å²) in [6, 6.07) is 18.6. The Morgan fingerprint density at radius 1 is 0.895 bits per heavy atom. The lowest BCUT2D eigenvalue weighted by atomic mass is 9.90. The highest BCUT2D eigenvalue weighted by molar-refractivity contribution is 5.79. The zero-order chi connectivity index (χ0) is 26.5. The molecule has 6 nitrogen and oxygen atoms in total. The predicted octanol–water partition coefficient (Wildman–Crippen LogP) is 6.23. The minimum Gasteiger partial charge on any atom is -0.483 e. The molecule has 0 unspecified atom stereocenters. The van der Waals surface area contributed by atoms with Gasteiger partial charge in [0.15, 0.2) is 18.1 Å². The van der Waals surface area contributed by atoms with Crippen LogP contribution in [0.5, 0.6) is 23.0 Å². The standard InChI is InChI=1S/C29H28F3NO5/c30-29(31,32)38-25-8-4-2-6-23(25)22-5-1-3-7-24(22)35-18-28(34)33-15-13-20(14-16-33)9-10-21-11-12-26-27(17-21)37-19-36-26/h1-8,11-12,17,20H,9-10,13-16,18-19H2. The Morgan fingerprint density at radius 2 is 1.55 bits per heavy atom. The van der Waals surface area contributed by atoms with Crippen molar-refractivity contribution >= 4 is 5.91 Å². The van der Waals surface area contributed by atoms with E-state index in [0.717, 1.165) is 37.2 Å². The van der Waals surface area contributed by atoms with Gasteiger partial charge in [-0.3, -0.25) is 4.79 Å². The summed E-state index contributed by atoms with van der Waals surface area (Å²) in [5, 5.41) is 0. The first kappa shape index (κ1) is 25.8. The Kier molecular flexibility index (Phi) is 7.62. The van der Waals surface area contributed by atoms with Gasteiger partial charge >= 0.3 is 6.36 Å². The summed E-state index contributed by atoms with van der Waals surface area (Å²) in [5.41, 5.74) is 1.86. The number of piperidine rings is 1. The number of ether oxygens (including phenoxy) is 4. The third-order valence-electron chi connectivity index (χ3n) is 6.89. The van der Waals surface area contributed by atoms with Crippen molar-refractivity contribution in [2.75, 3.05) is 26.5 Å². The lowest BCUT2D eigenvalue weighted by molar-refractivity contribution is -0.274. The van der Waals surface area contributed by atoms with E-state index in [2.05, 4.69) is 10.8 Å². The number of hydrogen-bond acceptors (Lipinski definition) is 5. The number of para-hydroxylation sites is 2. The molecular weight excluding hydrogens is 499 g/mol. The topological polar surface area (TPSA) is 57.2 Å². The van der Waals surface area contributed by atoms with Gasteiger partial charge in [0, 0.05) is 24.2 Å². The summed E-state index contributed by atoms with van der Waals surface area (Å²) < 4.78 is 59.5. The number of aryl methyl sites for hydroxylation is 1.